The average molecular weight is 227 g/mol. The molecule has 1 heterocycles. The predicted molar refractivity (Wildman–Crippen MR) is 66.4 cm³/mol. The standard InChI is InChI=1S/C12H21NOS/c1-10(2)9-14-7-6-13-11(3)12-5-4-8-15-12/h4-5,8,10-11,13H,6-7,9H2,1-3H3. The molecular weight excluding hydrogens is 206 g/mol. The second-order valence-corrected chi connectivity index (χ2v) is 5.14. The Morgan fingerprint density at radius 2 is 2.20 bits per heavy atom. The fourth-order valence-electron chi connectivity index (χ4n) is 1.30. The maximum atomic E-state index is 5.50. The molecule has 0 bridgehead atoms. The van der Waals surface area contributed by atoms with Crippen LogP contribution in [-0.4, -0.2) is 19.8 Å². The van der Waals surface area contributed by atoms with E-state index in [0.717, 1.165) is 19.8 Å². The third-order valence-corrected chi connectivity index (χ3v) is 3.17. The van der Waals surface area contributed by atoms with E-state index in [0.29, 0.717) is 12.0 Å². The molecule has 0 fully saturated rings. The lowest BCUT2D eigenvalue weighted by Crippen LogP contribution is -2.23. The predicted octanol–water partition coefficient (Wildman–Crippen LogP) is 3.07. The quantitative estimate of drug-likeness (QED) is 0.723. The van der Waals surface area contributed by atoms with Crippen molar-refractivity contribution in [3.8, 4) is 0 Å². The third kappa shape index (κ3) is 5.30. The van der Waals surface area contributed by atoms with Crippen LogP contribution in [0, 0.1) is 5.92 Å². The SMILES string of the molecule is CC(C)COCCNC(C)c1cccs1. The van der Waals surface area contributed by atoms with Gasteiger partial charge in [0.1, 0.15) is 0 Å². The largest absolute Gasteiger partial charge is 0.380 e. The zero-order valence-electron chi connectivity index (χ0n) is 9.82. The second-order valence-electron chi connectivity index (χ2n) is 4.16. The van der Waals surface area contributed by atoms with Crippen LogP contribution < -0.4 is 5.32 Å². The summed E-state index contributed by atoms with van der Waals surface area (Å²) in [7, 11) is 0. The van der Waals surface area contributed by atoms with Crippen LogP contribution in [0.4, 0.5) is 0 Å². The van der Waals surface area contributed by atoms with E-state index in [1.54, 1.807) is 11.3 Å². The highest BCUT2D eigenvalue weighted by molar-refractivity contribution is 7.10. The maximum absolute atomic E-state index is 5.50. The normalized spacial score (nSPS) is 13.3. The summed E-state index contributed by atoms with van der Waals surface area (Å²) in [4.78, 5) is 1.39. The monoisotopic (exact) mass is 227 g/mol. The molecule has 0 saturated heterocycles. The first-order chi connectivity index (χ1) is 7.20. The topological polar surface area (TPSA) is 21.3 Å². The lowest BCUT2D eigenvalue weighted by molar-refractivity contribution is 0.110. The van der Waals surface area contributed by atoms with E-state index in [1.807, 2.05) is 0 Å². The number of thiophene rings is 1. The third-order valence-electron chi connectivity index (χ3n) is 2.12. The Hall–Kier alpha value is -0.380. The van der Waals surface area contributed by atoms with Crippen LogP contribution in [0.15, 0.2) is 17.5 Å². The Kier molecular flexibility index (Phi) is 5.91. The molecule has 3 heteroatoms. The van der Waals surface area contributed by atoms with E-state index >= 15 is 0 Å². The summed E-state index contributed by atoms with van der Waals surface area (Å²) < 4.78 is 5.50. The molecule has 1 rings (SSSR count). The minimum Gasteiger partial charge on any atom is -0.380 e. The van der Waals surface area contributed by atoms with Gasteiger partial charge in [0, 0.05) is 24.1 Å². The molecule has 1 atom stereocenters. The van der Waals surface area contributed by atoms with E-state index in [-0.39, 0.29) is 0 Å². The van der Waals surface area contributed by atoms with Gasteiger partial charge in [0.2, 0.25) is 0 Å². The van der Waals surface area contributed by atoms with Gasteiger partial charge in [0.15, 0.2) is 0 Å². The van der Waals surface area contributed by atoms with Gasteiger partial charge in [-0.3, -0.25) is 0 Å². The number of hydrogen-bond donors (Lipinski definition) is 1. The summed E-state index contributed by atoms with van der Waals surface area (Å²) in [5.74, 6) is 0.625. The van der Waals surface area contributed by atoms with Gasteiger partial charge in [-0.15, -0.1) is 11.3 Å². The molecule has 0 aromatic carbocycles. The molecule has 0 aliphatic carbocycles. The lowest BCUT2D eigenvalue weighted by Gasteiger charge is -2.12. The van der Waals surface area contributed by atoms with E-state index in [1.165, 1.54) is 4.88 Å². The Labute approximate surface area is 96.7 Å². The molecule has 0 aliphatic rings. The first-order valence-electron chi connectivity index (χ1n) is 5.54. The van der Waals surface area contributed by atoms with E-state index in [2.05, 4.69) is 43.6 Å². The second kappa shape index (κ2) is 6.99. The number of nitrogens with one attached hydrogen (secondary N) is 1. The van der Waals surface area contributed by atoms with Crippen molar-refractivity contribution < 1.29 is 4.74 Å². The highest BCUT2D eigenvalue weighted by atomic mass is 32.1. The molecule has 86 valence electrons. The van der Waals surface area contributed by atoms with Gasteiger partial charge in [-0.05, 0) is 24.3 Å². The molecule has 0 amide bonds. The Morgan fingerprint density at radius 3 is 2.80 bits per heavy atom. The van der Waals surface area contributed by atoms with Crippen molar-refractivity contribution in [1.29, 1.82) is 0 Å². The fourth-order valence-corrected chi connectivity index (χ4v) is 2.06. The molecule has 1 aromatic rings. The molecular formula is C12H21NOS. The molecule has 1 unspecified atom stereocenters. The van der Waals surface area contributed by atoms with Crippen LogP contribution in [-0.2, 0) is 4.74 Å². The Bertz CT molecular complexity index is 246. The maximum Gasteiger partial charge on any atom is 0.0591 e. The zero-order valence-corrected chi connectivity index (χ0v) is 10.6. The van der Waals surface area contributed by atoms with Gasteiger partial charge in [-0.25, -0.2) is 0 Å². The first kappa shape index (κ1) is 12.7. The first-order valence-corrected chi connectivity index (χ1v) is 6.42. The summed E-state index contributed by atoms with van der Waals surface area (Å²) in [6.07, 6.45) is 0. The van der Waals surface area contributed by atoms with E-state index < -0.39 is 0 Å². The van der Waals surface area contributed by atoms with Crippen molar-refractivity contribution in [2.75, 3.05) is 19.8 Å². The molecule has 15 heavy (non-hydrogen) atoms. The molecule has 1 aromatic heterocycles. The fraction of sp³-hybridized carbons (Fsp3) is 0.667. The highest BCUT2D eigenvalue weighted by Crippen LogP contribution is 2.17. The number of ether oxygens (including phenoxy) is 1. The van der Waals surface area contributed by atoms with Crippen molar-refractivity contribution in [3.63, 3.8) is 0 Å². The molecule has 0 radical (unpaired) electrons. The van der Waals surface area contributed by atoms with Crippen molar-refractivity contribution >= 4 is 11.3 Å². The van der Waals surface area contributed by atoms with E-state index in [4.69, 9.17) is 4.74 Å². The summed E-state index contributed by atoms with van der Waals surface area (Å²) in [5.41, 5.74) is 0. The van der Waals surface area contributed by atoms with Crippen LogP contribution in [0.5, 0.6) is 0 Å². The Balaban J connectivity index is 2.05. The van der Waals surface area contributed by atoms with Gasteiger partial charge in [-0.2, -0.15) is 0 Å². The van der Waals surface area contributed by atoms with Crippen LogP contribution >= 0.6 is 11.3 Å². The molecule has 2 nitrogen and oxygen atoms in total. The highest BCUT2D eigenvalue weighted by Gasteiger charge is 2.04. The van der Waals surface area contributed by atoms with Gasteiger partial charge in [0.25, 0.3) is 0 Å². The number of rotatable bonds is 7. The minimum absolute atomic E-state index is 0.438. The van der Waals surface area contributed by atoms with Crippen LogP contribution in [0.3, 0.4) is 0 Å². The van der Waals surface area contributed by atoms with E-state index in [9.17, 15) is 0 Å². The summed E-state index contributed by atoms with van der Waals surface area (Å²) >= 11 is 1.80. The zero-order chi connectivity index (χ0) is 11.1. The van der Waals surface area contributed by atoms with Gasteiger partial charge < -0.3 is 10.1 Å². The summed E-state index contributed by atoms with van der Waals surface area (Å²) in [5, 5.41) is 5.56. The minimum atomic E-state index is 0.438. The molecule has 0 aliphatic heterocycles. The molecule has 0 spiro atoms. The number of hydrogen-bond acceptors (Lipinski definition) is 3. The smallest absolute Gasteiger partial charge is 0.0591 e. The van der Waals surface area contributed by atoms with Gasteiger partial charge in [0.05, 0.1) is 6.61 Å². The van der Waals surface area contributed by atoms with Gasteiger partial charge in [-0.1, -0.05) is 19.9 Å². The van der Waals surface area contributed by atoms with Crippen molar-refractivity contribution in [1.82, 2.24) is 5.32 Å². The Morgan fingerprint density at radius 1 is 1.40 bits per heavy atom. The van der Waals surface area contributed by atoms with Crippen molar-refractivity contribution in [2.45, 2.75) is 26.8 Å². The average Bonchev–Trinajstić information content (AvgIpc) is 2.69. The van der Waals surface area contributed by atoms with Crippen molar-refractivity contribution in [3.05, 3.63) is 22.4 Å². The summed E-state index contributed by atoms with van der Waals surface area (Å²) in [6.45, 7) is 9.10. The van der Waals surface area contributed by atoms with Crippen LogP contribution in [0.2, 0.25) is 0 Å². The molecule has 1 N–H and O–H groups in total. The summed E-state index contributed by atoms with van der Waals surface area (Å²) in [6, 6.07) is 4.69. The molecule has 0 saturated carbocycles. The van der Waals surface area contributed by atoms with Gasteiger partial charge >= 0.3 is 0 Å². The van der Waals surface area contributed by atoms with Crippen LogP contribution in [0.25, 0.3) is 0 Å². The van der Waals surface area contributed by atoms with Crippen molar-refractivity contribution in [2.24, 2.45) is 5.92 Å². The lowest BCUT2D eigenvalue weighted by atomic mass is 10.2. The van der Waals surface area contributed by atoms with Crippen LogP contribution in [0.1, 0.15) is 31.7 Å².